The molecule has 1 aliphatic rings. The second-order valence-electron chi connectivity index (χ2n) is 8.18. The fraction of sp³-hybridized carbons (Fsp3) is 0.941. The first-order valence-corrected chi connectivity index (χ1v) is 7.87. The molecule has 112 valence electrons. The summed E-state index contributed by atoms with van der Waals surface area (Å²) in [7, 11) is 0. The fourth-order valence-corrected chi connectivity index (χ4v) is 3.25. The maximum Gasteiger partial charge on any atom is 0.155 e. The molecule has 1 fully saturated rings. The van der Waals surface area contributed by atoms with Gasteiger partial charge in [0.25, 0.3) is 0 Å². The highest BCUT2D eigenvalue weighted by Gasteiger charge is 2.42. The van der Waals surface area contributed by atoms with Crippen molar-refractivity contribution >= 4 is 5.78 Å². The van der Waals surface area contributed by atoms with Crippen LogP contribution in [0.2, 0.25) is 0 Å². The highest BCUT2D eigenvalue weighted by atomic mass is 16.1. The van der Waals surface area contributed by atoms with Gasteiger partial charge in [0, 0.05) is 11.0 Å². The Morgan fingerprint density at radius 2 is 1.53 bits per heavy atom. The average Bonchev–Trinajstić information content (AvgIpc) is 2.77. The van der Waals surface area contributed by atoms with Crippen molar-refractivity contribution in [3.05, 3.63) is 0 Å². The zero-order valence-electron chi connectivity index (χ0n) is 14.0. The zero-order valence-corrected chi connectivity index (χ0v) is 14.0. The molecule has 0 aliphatic heterocycles. The predicted octanol–water partition coefficient (Wildman–Crippen LogP) is 4.18. The third-order valence-corrected chi connectivity index (χ3v) is 4.55. The van der Waals surface area contributed by atoms with Gasteiger partial charge in [0.15, 0.2) is 5.78 Å². The monoisotopic (exact) mass is 267 g/mol. The van der Waals surface area contributed by atoms with Crippen molar-refractivity contribution in [1.82, 2.24) is 5.32 Å². The summed E-state index contributed by atoms with van der Waals surface area (Å²) in [6.45, 7) is 15.0. The molecule has 0 bridgehead atoms. The molecule has 2 heteroatoms. The molecular weight excluding hydrogens is 234 g/mol. The minimum absolute atomic E-state index is 0.0175. The second-order valence-corrected chi connectivity index (χ2v) is 8.18. The van der Waals surface area contributed by atoms with Crippen molar-refractivity contribution < 1.29 is 4.79 Å². The zero-order chi connectivity index (χ0) is 14.8. The Morgan fingerprint density at radius 1 is 1.05 bits per heavy atom. The third-order valence-electron chi connectivity index (χ3n) is 4.55. The van der Waals surface area contributed by atoms with Gasteiger partial charge in [-0.05, 0) is 45.4 Å². The lowest BCUT2D eigenvalue weighted by Gasteiger charge is -2.38. The summed E-state index contributed by atoms with van der Waals surface area (Å²) in [4.78, 5) is 13.0. The number of hydrogen-bond donors (Lipinski definition) is 1. The van der Waals surface area contributed by atoms with Crippen LogP contribution >= 0.6 is 0 Å². The number of hydrogen-bond acceptors (Lipinski definition) is 2. The largest absolute Gasteiger partial charge is 0.302 e. The molecule has 0 aromatic carbocycles. The smallest absolute Gasteiger partial charge is 0.155 e. The molecule has 0 radical (unpaired) electrons. The van der Waals surface area contributed by atoms with Crippen LogP contribution < -0.4 is 5.32 Å². The Labute approximate surface area is 119 Å². The average molecular weight is 267 g/mol. The van der Waals surface area contributed by atoms with Crippen molar-refractivity contribution in [2.45, 2.75) is 85.7 Å². The molecule has 2 nitrogen and oxygen atoms in total. The van der Waals surface area contributed by atoms with Crippen LogP contribution in [-0.2, 0) is 4.79 Å². The molecule has 19 heavy (non-hydrogen) atoms. The molecule has 1 rings (SSSR count). The summed E-state index contributed by atoms with van der Waals surface area (Å²) in [5.41, 5.74) is -0.208. The van der Waals surface area contributed by atoms with Gasteiger partial charge in [-0.2, -0.15) is 0 Å². The van der Waals surface area contributed by atoms with Gasteiger partial charge >= 0.3 is 0 Å². The van der Waals surface area contributed by atoms with Crippen molar-refractivity contribution in [1.29, 1.82) is 0 Å². The second kappa shape index (κ2) is 5.95. The van der Waals surface area contributed by atoms with Crippen LogP contribution in [-0.4, -0.2) is 17.4 Å². The van der Waals surface area contributed by atoms with E-state index in [1.165, 1.54) is 25.7 Å². The molecule has 1 N–H and O–H groups in total. The molecule has 0 saturated heterocycles. The molecule has 0 heterocycles. The summed E-state index contributed by atoms with van der Waals surface area (Å²) >= 11 is 0. The first kappa shape index (κ1) is 16.7. The van der Waals surface area contributed by atoms with Crippen LogP contribution in [0.15, 0.2) is 0 Å². The van der Waals surface area contributed by atoms with E-state index in [0.29, 0.717) is 17.6 Å². The molecule has 1 unspecified atom stereocenters. The molecule has 1 aliphatic carbocycles. The SMILES string of the molecule is CC(C)C(NC(C)(C)C)C(=O)C(C)(C)C1CCCC1. The maximum absolute atomic E-state index is 13.0. The lowest BCUT2D eigenvalue weighted by Crippen LogP contribution is -2.54. The lowest BCUT2D eigenvalue weighted by molar-refractivity contribution is -0.133. The highest BCUT2D eigenvalue weighted by Crippen LogP contribution is 2.41. The summed E-state index contributed by atoms with van der Waals surface area (Å²) in [6.07, 6.45) is 5.03. The summed E-state index contributed by atoms with van der Waals surface area (Å²) < 4.78 is 0. The van der Waals surface area contributed by atoms with Gasteiger partial charge in [0.1, 0.15) is 0 Å². The predicted molar refractivity (Wildman–Crippen MR) is 82.3 cm³/mol. The summed E-state index contributed by atoms with van der Waals surface area (Å²) in [5, 5.41) is 3.54. The Bertz CT molecular complexity index is 306. The Morgan fingerprint density at radius 3 is 1.89 bits per heavy atom. The van der Waals surface area contributed by atoms with Gasteiger partial charge in [-0.15, -0.1) is 0 Å². The van der Waals surface area contributed by atoms with E-state index in [1.54, 1.807) is 0 Å². The molecule has 0 aromatic rings. The summed E-state index contributed by atoms with van der Waals surface area (Å²) in [6, 6.07) is -0.0319. The number of ketones is 1. The molecule has 0 aromatic heterocycles. The first-order valence-electron chi connectivity index (χ1n) is 7.87. The van der Waals surface area contributed by atoms with Crippen molar-refractivity contribution in [3.63, 3.8) is 0 Å². The molecule has 1 saturated carbocycles. The molecule has 1 atom stereocenters. The highest BCUT2D eigenvalue weighted by molar-refractivity contribution is 5.89. The van der Waals surface area contributed by atoms with E-state index < -0.39 is 0 Å². The Balaban J connectivity index is 2.86. The van der Waals surface area contributed by atoms with Crippen LogP contribution in [0.3, 0.4) is 0 Å². The van der Waals surface area contributed by atoms with Crippen LogP contribution in [0.5, 0.6) is 0 Å². The number of nitrogens with one attached hydrogen (secondary N) is 1. The van der Waals surface area contributed by atoms with E-state index in [-0.39, 0.29) is 17.0 Å². The fourth-order valence-electron chi connectivity index (χ4n) is 3.25. The standard InChI is InChI=1S/C17H33NO/c1-12(2)14(18-16(3,4)5)15(19)17(6,7)13-10-8-9-11-13/h12-14,18H,8-11H2,1-7H3. The van der Waals surface area contributed by atoms with E-state index in [2.05, 4.69) is 53.8 Å². The normalized spacial score (nSPS) is 20.0. The van der Waals surface area contributed by atoms with Crippen LogP contribution in [0.25, 0.3) is 0 Å². The number of rotatable bonds is 5. The van der Waals surface area contributed by atoms with Gasteiger partial charge in [0.05, 0.1) is 6.04 Å². The van der Waals surface area contributed by atoms with Crippen molar-refractivity contribution in [2.75, 3.05) is 0 Å². The molecule has 0 spiro atoms. The van der Waals surface area contributed by atoms with Crippen LogP contribution in [0.4, 0.5) is 0 Å². The van der Waals surface area contributed by atoms with Gasteiger partial charge < -0.3 is 5.32 Å². The first-order chi connectivity index (χ1) is 8.55. The van der Waals surface area contributed by atoms with Crippen LogP contribution in [0.1, 0.15) is 74.1 Å². The van der Waals surface area contributed by atoms with E-state index in [4.69, 9.17) is 0 Å². The van der Waals surface area contributed by atoms with E-state index in [1.807, 2.05) is 0 Å². The Kier molecular flexibility index (Phi) is 5.22. The molecule has 0 amide bonds. The van der Waals surface area contributed by atoms with E-state index in [9.17, 15) is 4.79 Å². The van der Waals surface area contributed by atoms with Crippen LogP contribution in [0, 0.1) is 17.3 Å². The lowest BCUT2D eigenvalue weighted by atomic mass is 9.70. The maximum atomic E-state index is 13.0. The van der Waals surface area contributed by atoms with Gasteiger partial charge in [-0.1, -0.05) is 40.5 Å². The van der Waals surface area contributed by atoms with Gasteiger partial charge in [-0.3, -0.25) is 4.79 Å². The minimum Gasteiger partial charge on any atom is -0.302 e. The summed E-state index contributed by atoms with van der Waals surface area (Å²) in [5.74, 6) is 1.32. The topological polar surface area (TPSA) is 29.1 Å². The quantitative estimate of drug-likeness (QED) is 0.809. The third kappa shape index (κ3) is 4.30. The minimum atomic E-state index is -0.191. The molecular formula is C17H33NO. The number of carbonyl (C=O) groups is 1. The van der Waals surface area contributed by atoms with Crippen molar-refractivity contribution in [2.24, 2.45) is 17.3 Å². The number of carbonyl (C=O) groups excluding carboxylic acids is 1. The van der Waals surface area contributed by atoms with E-state index >= 15 is 0 Å². The Hall–Kier alpha value is -0.370. The number of Topliss-reactive ketones (excluding diaryl/α,β-unsaturated/α-hetero) is 1. The van der Waals surface area contributed by atoms with Gasteiger partial charge in [0.2, 0.25) is 0 Å². The van der Waals surface area contributed by atoms with Gasteiger partial charge in [-0.25, -0.2) is 0 Å². The van der Waals surface area contributed by atoms with Crippen molar-refractivity contribution in [3.8, 4) is 0 Å². The van der Waals surface area contributed by atoms with E-state index in [0.717, 1.165) is 0 Å².